The summed E-state index contributed by atoms with van der Waals surface area (Å²) in [4.78, 5) is 25.8. The second-order valence-electron chi connectivity index (χ2n) is 3.01. The lowest BCUT2D eigenvalue weighted by Crippen LogP contribution is -2.29. The lowest BCUT2D eigenvalue weighted by Gasteiger charge is -2.08. The molecule has 0 aliphatic carbocycles. The van der Waals surface area contributed by atoms with Crippen LogP contribution in [0.1, 0.15) is 6.92 Å². The van der Waals surface area contributed by atoms with Crippen LogP contribution >= 0.6 is 11.6 Å². The maximum atomic E-state index is 11.3. The third-order valence-electron chi connectivity index (χ3n) is 1.80. The molecule has 0 aliphatic heterocycles. The van der Waals surface area contributed by atoms with Crippen molar-refractivity contribution in [2.24, 2.45) is 11.7 Å². The van der Waals surface area contributed by atoms with Gasteiger partial charge < -0.3 is 5.73 Å². The Labute approximate surface area is 85.5 Å². The fourth-order valence-electron chi connectivity index (χ4n) is 0.926. The zero-order chi connectivity index (χ0) is 10.7. The number of rotatable bonds is 3. The molecule has 0 spiro atoms. The summed E-state index contributed by atoms with van der Waals surface area (Å²) in [6, 6.07) is 1.19. The molecule has 6 heteroatoms. The Morgan fingerprint density at radius 3 is 2.93 bits per heavy atom. The minimum atomic E-state index is -0.452. The van der Waals surface area contributed by atoms with Crippen LogP contribution in [0, 0.1) is 5.92 Å². The molecule has 0 fully saturated rings. The van der Waals surface area contributed by atoms with E-state index in [0.717, 1.165) is 0 Å². The second-order valence-corrected chi connectivity index (χ2v) is 3.39. The zero-order valence-electron chi connectivity index (χ0n) is 7.61. The second kappa shape index (κ2) is 4.23. The number of carbonyl (C=O) groups excluding carboxylic acids is 1. The van der Waals surface area contributed by atoms with Crippen molar-refractivity contribution < 1.29 is 4.79 Å². The summed E-state index contributed by atoms with van der Waals surface area (Å²) in [6.45, 7) is 1.86. The van der Waals surface area contributed by atoms with Crippen LogP contribution in [0.15, 0.2) is 17.2 Å². The normalized spacial score (nSPS) is 12.4. The minimum absolute atomic E-state index is 0.137. The maximum absolute atomic E-state index is 11.3. The van der Waals surface area contributed by atoms with Crippen molar-refractivity contribution in [3.63, 3.8) is 0 Å². The van der Waals surface area contributed by atoms with Gasteiger partial charge in [0.15, 0.2) is 0 Å². The Morgan fingerprint density at radius 2 is 2.43 bits per heavy atom. The highest BCUT2D eigenvalue weighted by molar-refractivity contribution is 6.29. The minimum Gasteiger partial charge on any atom is -0.369 e. The van der Waals surface area contributed by atoms with Gasteiger partial charge in [-0.3, -0.25) is 14.2 Å². The summed E-state index contributed by atoms with van der Waals surface area (Å²) in [5.41, 5.74) is 4.77. The molecule has 0 saturated carbocycles. The van der Waals surface area contributed by atoms with Crippen LogP contribution < -0.4 is 11.3 Å². The van der Waals surface area contributed by atoms with Crippen LogP contribution in [0.3, 0.4) is 0 Å². The molecular weight excluding hydrogens is 206 g/mol. The molecule has 1 unspecified atom stereocenters. The molecule has 14 heavy (non-hydrogen) atoms. The molecule has 1 amide bonds. The van der Waals surface area contributed by atoms with Crippen molar-refractivity contribution in [1.29, 1.82) is 0 Å². The van der Waals surface area contributed by atoms with E-state index >= 15 is 0 Å². The number of aromatic nitrogens is 2. The van der Waals surface area contributed by atoms with Gasteiger partial charge >= 0.3 is 0 Å². The first kappa shape index (κ1) is 10.7. The van der Waals surface area contributed by atoms with Crippen LogP contribution in [-0.4, -0.2) is 15.5 Å². The topological polar surface area (TPSA) is 78.0 Å². The number of hydrogen-bond donors (Lipinski definition) is 1. The van der Waals surface area contributed by atoms with Gasteiger partial charge in [0.2, 0.25) is 5.91 Å². The summed E-state index contributed by atoms with van der Waals surface area (Å²) in [5, 5.41) is 0.137. The highest BCUT2D eigenvalue weighted by Gasteiger charge is 2.10. The van der Waals surface area contributed by atoms with E-state index in [-0.39, 0.29) is 17.3 Å². The van der Waals surface area contributed by atoms with E-state index in [1.807, 2.05) is 0 Å². The van der Waals surface area contributed by atoms with Crippen molar-refractivity contribution >= 4 is 17.5 Å². The average molecular weight is 216 g/mol. The van der Waals surface area contributed by atoms with E-state index < -0.39 is 11.8 Å². The van der Waals surface area contributed by atoms with Crippen LogP contribution in [0.25, 0.3) is 0 Å². The molecule has 0 bridgehead atoms. The molecule has 1 heterocycles. The SMILES string of the molecule is CC(Cn1cnc(Cl)cc1=O)C(N)=O. The lowest BCUT2D eigenvalue weighted by atomic mass is 10.2. The summed E-state index contributed by atoms with van der Waals surface area (Å²) >= 11 is 5.50. The first-order valence-corrected chi connectivity index (χ1v) is 4.40. The Balaban J connectivity index is 2.88. The monoisotopic (exact) mass is 215 g/mol. The Hall–Kier alpha value is -1.36. The summed E-state index contributed by atoms with van der Waals surface area (Å²) in [6.07, 6.45) is 1.30. The smallest absolute Gasteiger partial charge is 0.254 e. The predicted octanol–water partition coefficient (Wildman–Crippen LogP) is 0.0181. The third kappa shape index (κ3) is 2.56. The quantitative estimate of drug-likeness (QED) is 0.722. The number of nitrogens with zero attached hydrogens (tertiary/aromatic N) is 2. The molecule has 2 N–H and O–H groups in total. The van der Waals surface area contributed by atoms with Crippen molar-refractivity contribution in [2.45, 2.75) is 13.5 Å². The molecule has 0 radical (unpaired) electrons. The van der Waals surface area contributed by atoms with Gasteiger partial charge in [0, 0.05) is 12.6 Å². The molecule has 5 nitrogen and oxygen atoms in total. The largest absolute Gasteiger partial charge is 0.369 e. The van der Waals surface area contributed by atoms with Gasteiger partial charge in [-0.1, -0.05) is 18.5 Å². The van der Waals surface area contributed by atoms with E-state index in [1.165, 1.54) is 17.0 Å². The molecular formula is C8H10ClN3O2. The van der Waals surface area contributed by atoms with Gasteiger partial charge in [-0.2, -0.15) is 0 Å². The van der Waals surface area contributed by atoms with Crippen LogP contribution in [-0.2, 0) is 11.3 Å². The first-order chi connectivity index (χ1) is 6.50. The number of nitrogens with two attached hydrogens (primary N) is 1. The fraction of sp³-hybridized carbons (Fsp3) is 0.375. The summed E-state index contributed by atoms with van der Waals surface area (Å²) in [7, 11) is 0. The van der Waals surface area contributed by atoms with Gasteiger partial charge in [0.05, 0.1) is 12.2 Å². The molecule has 76 valence electrons. The molecule has 0 aromatic carbocycles. The Kier molecular flexibility index (Phi) is 3.24. The van der Waals surface area contributed by atoms with E-state index in [4.69, 9.17) is 17.3 Å². The highest BCUT2D eigenvalue weighted by Crippen LogP contribution is 2.00. The number of primary amides is 1. The number of carbonyl (C=O) groups is 1. The molecule has 1 atom stereocenters. The van der Waals surface area contributed by atoms with Crippen molar-refractivity contribution in [3.8, 4) is 0 Å². The molecule has 0 saturated heterocycles. The van der Waals surface area contributed by atoms with Gasteiger partial charge in [0.25, 0.3) is 5.56 Å². The standard InChI is InChI=1S/C8H10ClN3O2/c1-5(8(10)14)3-12-4-11-6(9)2-7(12)13/h2,4-5H,3H2,1H3,(H2,10,14). The third-order valence-corrected chi connectivity index (χ3v) is 2.01. The molecule has 0 aliphatic rings. The van der Waals surface area contributed by atoms with Crippen molar-refractivity contribution in [3.05, 3.63) is 27.9 Å². The maximum Gasteiger partial charge on any atom is 0.254 e. The van der Waals surface area contributed by atoms with Gasteiger partial charge in [-0.05, 0) is 0 Å². The lowest BCUT2D eigenvalue weighted by molar-refractivity contribution is -0.121. The van der Waals surface area contributed by atoms with Crippen LogP contribution in [0.4, 0.5) is 0 Å². The summed E-state index contributed by atoms with van der Waals surface area (Å²) in [5.74, 6) is -0.859. The van der Waals surface area contributed by atoms with E-state index in [2.05, 4.69) is 4.98 Å². The fourth-order valence-corrected chi connectivity index (χ4v) is 1.06. The van der Waals surface area contributed by atoms with Crippen molar-refractivity contribution in [2.75, 3.05) is 0 Å². The Bertz CT molecular complexity index is 402. The Morgan fingerprint density at radius 1 is 1.79 bits per heavy atom. The van der Waals surface area contributed by atoms with E-state index in [9.17, 15) is 9.59 Å². The number of halogens is 1. The van der Waals surface area contributed by atoms with Crippen LogP contribution in [0.2, 0.25) is 5.15 Å². The van der Waals surface area contributed by atoms with Gasteiger partial charge in [0.1, 0.15) is 5.15 Å². The van der Waals surface area contributed by atoms with E-state index in [0.29, 0.717) is 0 Å². The summed E-state index contributed by atoms with van der Waals surface area (Å²) < 4.78 is 1.29. The molecule has 1 rings (SSSR count). The first-order valence-electron chi connectivity index (χ1n) is 4.02. The van der Waals surface area contributed by atoms with Crippen LogP contribution in [0.5, 0.6) is 0 Å². The van der Waals surface area contributed by atoms with Gasteiger partial charge in [-0.25, -0.2) is 4.98 Å². The zero-order valence-corrected chi connectivity index (χ0v) is 8.36. The number of amides is 1. The van der Waals surface area contributed by atoms with Gasteiger partial charge in [-0.15, -0.1) is 0 Å². The van der Waals surface area contributed by atoms with Crippen molar-refractivity contribution in [1.82, 2.24) is 9.55 Å². The predicted molar refractivity (Wildman–Crippen MR) is 51.9 cm³/mol. The average Bonchev–Trinajstić information content (AvgIpc) is 2.09. The van der Waals surface area contributed by atoms with E-state index in [1.54, 1.807) is 6.92 Å². The highest BCUT2D eigenvalue weighted by atomic mass is 35.5. The number of hydrogen-bond acceptors (Lipinski definition) is 3. The molecule has 1 aromatic rings. The molecule has 1 aromatic heterocycles.